The zero-order valence-electron chi connectivity index (χ0n) is 17.0. The summed E-state index contributed by atoms with van der Waals surface area (Å²) in [6, 6.07) is 9.65. The number of aromatic nitrogens is 3. The molecule has 3 N–H and O–H groups in total. The molecule has 0 saturated carbocycles. The predicted molar refractivity (Wildman–Crippen MR) is 111 cm³/mol. The van der Waals surface area contributed by atoms with Gasteiger partial charge in [0.1, 0.15) is 17.6 Å². The lowest BCUT2D eigenvalue weighted by molar-refractivity contribution is -0.133. The van der Waals surface area contributed by atoms with E-state index in [9.17, 15) is 18.4 Å². The lowest BCUT2D eigenvalue weighted by atomic mass is 10.1. The van der Waals surface area contributed by atoms with Crippen LogP contribution in [-0.4, -0.2) is 51.9 Å². The number of carbonyl (C=O) groups is 1. The number of amides is 1. The van der Waals surface area contributed by atoms with Gasteiger partial charge in [0, 0.05) is 24.5 Å². The van der Waals surface area contributed by atoms with Gasteiger partial charge in [0.2, 0.25) is 10.0 Å². The number of imidazole rings is 1. The highest BCUT2D eigenvalue weighted by atomic mass is 32.2. The van der Waals surface area contributed by atoms with Gasteiger partial charge in [-0.15, -0.1) is 0 Å². The van der Waals surface area contributed by atoms with Crippen molar-refractivity contribution >= 4 is 15.9 Å². The topological polar surface area (TPSA) is 138 Å². The fourth-order valence-electron chi connectivity index (χ4n) is 3.08. The molecule has 1 aromatic carbocycles. The number of aryl methyl sites for hydroxylation is 1. The van der Waals surface area contributed by atoms with Crippen molar-refractivity contribution in [2.45, 2.75) is 30.8 Å². The lowest BCUT2D eigenvalue weighted by Gasteiger charge is -2.29. The van der Waals surface area contributed by atoms with E-state index in [0.717, 1.165) is 4.31 Å². The molecule has 164 valence electrons. The SMILES string of the molecule is COc1ccc(S(=O)(=O)N(Cc2ccccn2)C(Cc2cnc(C)[nH]2)C(=O)NO)cc1. The number of benzene rings is 1. The highest BCUT2D eigenvalue weighted by molar-refractivity contribution is 7.89. The summed E-state index contributed by atoms with van der Waals surface area (Å²) in [7, 11) is -2.68. The Hall–Kier alpha value is -3.28. The Labute approximate surface area is 179 Å². The molecule has 3 rings (SSSR count). The zero-order chi connectivity index (χ0) is 22.4. The van der Waals surface area contributed by atoms with Crippen molar-refractivity contribution in [1.82, 2.24) is 24.7 Å². The number of carbonyl (C=O) groups excluding carboxylic acids is 1. The highest BCUT2D eigenvalue weighted by Gasteiger charge is 2.37. The molecule has 2 heterocycles. The summed E-state index contributed by atoms with van der Waals surface area (Å²) >= 11 is 0. The van der Waals surface area contributed by atoms with Crippen LogP contribution < -0.4 is 10.2 Å². The Morgan fingerprint density at radius 2 is 1.97 bits per heavy atom. The maximum atomic E-state index is 13.6. The van der Waals surface area contributed by atoms with Crippen LogP contribution in [0.2, 0.25) is 0 Å². The van der Waals surface area contributed by atoms with E-state index >= 15 is 0 Å². The van der Waals surface area contributed by atoms with Crippen LogP contribution in [0.25, 0.3) is 0 Å². The summed E-state index contributed by atoms with van der Waals surface area (Å²) in [5.74, 6) is 0.237. The number of hydroxylamine groups is 1. The molecule has 1 unspecified atom stereocenters. The van der Waals surface area contributed by atoms with Crippen LogP contribution in [0.5, 0.6) is 5.75 Å². The number of rotatable bonds is 9. The molecule has 0 spiro atoms. The first-order valence-corrected chi connectivity index (χ1v) is 10.8. The second kappa shape index (κ2) is 9.69. The number of aromatic amines is 1. The molecule has 10 nitrogen and oxygen atoms in total. The van der Waals surface area contributed by atoms with Gasteiger partial charge in [-0.05, 0) is 43.3 Å². The van der Waals surface area contributed by atoms with E-state index in [2.05, 4.69) is 15.0 Å². The van der Waals surface area contributed by atoms with Crippen molar-refractivity contribution < 1.29 is 23.2 Å². The van der Waals surface area contributed by atoms with Crippen molar-refractivity contribution in [1.29, 1.82) is 0 Å². The van der Waals surface area contributed by atoms with E-state index in [4.69, 9.17) is 4.74 Å². The van der Waals surface area contributed by atoms with Gasteiger partial charge in [0.05, 0.1) is 24.2 Å². The van der Waals surface area contributed by atoms with Crippen LogP contribution in [0, 0.1) is 6.92 Å². The van der Waals surface area contributed by atoms with Crippen molar-refractivity contribution in [3.05, 3.63) is 72.1 Å². The quantitative estimate of drug-likeness (QED) is 0.335. The molecule has 1 amide bonds. The molecule has 0 radical (unpaired) electrons. The first kappa shape index (κ1) is 22.4. The number of ether oxygens (including phenoxy) is 1. The predicted octanol–water partition coefficient (Wildman–Crippen LogP) is 1.43. The minimum atomic E-state index is -4.16. The molecule has 1 atom stereocenters. The molecule has 0 aliphatic heterocycles. The summed E-state index contributed by atoms with van der Waals surface area (Å²) in [6.45, 7) is 1.56. The highest BCUT2D eigenvalue weighted by Crippen LogP contribution is 2.24. The number of pyridine rings is 1. The molecule has 3 aromatic rings. The molecular formula is C20H23N5O5S. The van der Waals surface area contributed by atoms with Crippen molar-refractivity contribution in [2.24, 2.45) is 0 Å². The summed E-state index contributed by atoms with van der Waals surface area (Å²) in [6.07, 6.45) is 3.02. The van der Waals surface area contributed by atoms with E-state index in [1.165, 1.54) is 43.8 Å². The Bertz CT molecular complexity index is 1120. The zero-order valence-corrected chi connectivity index (χ0v) is 17.8. The van der Waals surface area contributed by atoms with Crippen LogP contribution >= 0.6 is 0 Å². The molecule has 0 fully saturated rings. The summed E-state index contributed by atoms with van der Waals surface area (Å²) in [5, 5.41) is 9.33. The second-order valence-electron chi connectivity index (χ2n) is 6.74. The van der Waals surface area contributed by atoms with Crippen LogP contribution in [0.3, 0.4) is 0 Å². The molecular weight excluding hydrogens is 422 g/mol. The van der Waals surface area contributed by atoms with Gasteiger partial charge in [-0.2, -0.15) is 4.31 Å². The van der Waals surface area contributed by atoms with Gasteiger partial charge in [-0.25, -0.2) is 18.9 Å². The number of hydrogen-bond acceptors (Lipinski definition) is 7. The molecule has 0 bridgehead atoms. The Kier molecular flexibility index (Phi) is 7.00. The van der Waals surface area contributed by atoms with Gasteiger partial charge in [0.15, 0.2) is 0 Å². The fourth-order valence-corrected chi connectivity index (χ4v) is 4.64. The molecule has 0 aliphatic carbocycles. The molecule has 0 aliphatic rings. The Morgan fingerprint density at radius 1 is 1.23 bits per heavy atom. The maximum absolute atomic E-state index is 13.6. The third-order valence-corrected chi connectivity index (χ3v) is 6.51. The largest absolute Gasteiger partial charge is 0.497 e. The van der Waals surface area contributed by atoms with Crippen molar-refractivity contribution in [3.8, 4) is 5.75 Å². The maximum Gasteiger partial charge on any atom is 0.262 e. The monoisotopic (exact) mass is 445 g/mol. The smallest absolute Gasteiger partial charge is 0.262 e. The van der Waals surface area contributed by atoms with E-state index in [0.29, 0.717) is 23.0 Å². The minimum absolute atomic E-state index is 0.0271. The summed E-state index contributed by atoms with van der Waals surface area (Å²) in [4.78, 5) is 23.8. The molecule has 0 saturated heterocycles. The third-order valence-electron chi connectivity index (χ3n) is 4.64. The average Bonchev–Trinajstić information content (AvgIpc) is 3.21. The normalized spacial score (nSPS) is 12.5. The minimum Gasteiger partial charge on any atom is -0.497 e. The van der Waals surface area contributed by atoms with Gasteiger partial charge >= 0.3 is 0 Å². The Balaban J connectivity index is 2.06. The first-order valence-electron chi connectivity index (χ1n) is 9.35. The van der Waals surface area contributed by atoms with E-state index < -0.39 is 22.0 Å². The number of hydrogen-bond donors (Lipinski definition) is 3. The van der Waals surface area contributed by atoms with Gasteiger partial charge in [-0.1, -0.05) is 6.07 Å². The first-order chi connectivity index (χ1) is 14.8. The molecule has 11 heteroatoms. The Morgan fingerprint density at radius 3 is 2.52 bits per heavy atom. The average molecular weight is 446 g/mol. The van der Waals surface area contributed by atoms with E-state index in [-0.39, 0.29) is 17.9 Å². The van der Waals surface area contributed by atoms with Gasteiger partial charge in [-0.3, -0.25) is 15.0 Å². The lowest BCUT2D eigenvalue weighted by Crippen LogP contribution is -2.49. The second-order valence-corrected chi connectivity index (χ2v) is 8.63. The summed E-state index contributed by atoms with van der Waals surface area (Å²) in [5.41, 5.74) is 2.56. The van der Waals surface area contributed by atoms with Crippen LogP contribution in [0.15, 0.2) is 59.8 Å². The third kappa shape index (κ3) is 5.26. The van der Waals surface area contributed by atoms with Crippen molar-refractivity contribution in [2.75, 3.05) is 7.11 Å². The fraction of sp³-hybridized carbons (Fsp3) is 0.250. The number of sulfonamides is 1. The van der Waals surface area contributed by atoms with E-state index in [1.807, 2.05) is 0 Å². The molecule has 31 heavy (non-hydrogen) atoms. The standard InChI is InChI=1S/C20H23N5O5S/c1-14-22-12-16(23-14)11-19(20(26)24-27)25(13-15-5-3-4-10-21-15)31(28,29)18-8-6-17(30-2)7-9-18/h3-10,12,19,27H,11,13H2,1-2H3,(H,22,23)(H,24,26). The van der Waals surface area contributed by atoms with Crippen LogP contribution in [-0.2, 0) is 27.8 Å². The number of nitrogens with zero attached hydrogens (tertiary/aromatic N) is 3. The number of H-pyrrole nitrogens is 1. The van der Waals surface area contributed by atoms with Crippen molar-refractivity contribution in [3.63, 3.8) is 0 Å². The summed E-state index contributed by atoms with van der Waals surface area (Å²) < 4.78 is 33.2. The molecule has 2 aromatic heterocycles. The van der Waals surface area contributed by atoms with Crippen LogP contribution in [0.1, 0.15) is 17.2 Å². The van der Waals surface area contributed by atoms with Crippen LogP contribution in [0.4, 0.5) is 0 Å². The van der Waals surface area contributed by atoms with Gasteiger partial charge < -0.3 is 9.72 Å². The number of nitrogens with one attached hydrogen (secondary N) is 2. The van der Waals surface area contributed by atoms with E-state index in [1.54, 1.807) is 30.6 Å². The van der Waals surface area contributed by atoms with Gasteiger partial charge in [0.25, 0.3) is 5.91 Å². The number of methoxy groups -OCH3 is 1.